The molecule has 4 heterocycles. The van der Waals surface area contributed by atoms with Crippen LogP contribution in [0.3, 0.4) is 0 Å². The number of aryl methyl sites for hydroxylation is 1. The van der Waals surface area contributed by atoms with Crippen LogP contribution in [0.5, 0.6) is 5.75 Å². The molecule has 186 valence electrons. The zero-order valence-electron chi connectivity index (χ0n) is 20.6. The van der Waals surface area contributed by atoms with Crippen molar-refractivity contribution in [3.8, 4) is 17.1 Å². The van der Waals surface area contributed by atoms with Gasteiger partial charge in [-0.25, -0.2) is 9.97 Å². The van der Waals surface area contributed by atoms with Gasteiger partial charge >= 0.3 is 0 Å². The highest BCUT2D eigenvalue weighted by Gasteiger charge is 2.23. The van der Waals surface area contributed by atoms with Gasteiger partial charge in [0.25, 0.3) is 5.91 Å². The van der Waals surface area contributed by atoms with Gasteiger partial charge < -0.3 is 24.2 Å². The summed E-state index contributed by atoms with van der Waals surface area (Å²) in [4.78, 5) is 30.9. The smallest absolute Gasteiger partial charge is 0.270 e. The summed E-state index contributed by atoms with van der Waals surface area (Å²) in [7, 11) is 4.03. The van der Waals surface area contributed by atoms with Crippen LogP contribution in [0.2, 0.25) is 0 Å². The highest BCUT2D eigenvalue weighted by molar-refractivity contribution is 5.99. The van der Waals surface area contributed by atoms with Crippen molar-refractivity contribution in [1.29, 1.82) is 0 Å². The number of piperazine rings is 1. The van der Waals surface area contributed by atoms with Gasteiger partial charge in [0, 0.05) is 69.0 Å². The van der Waals surface area contributed by atoms with Crippen molar-refractivity contribution >= 4 is 16.8 Å². The van der Waals surface area contributed by atoms with Gasteiger partial charge in [0.15, 0.2) is 0 Å². The van der Waals surface area contributed by atoms with Gasteiger partial charge in [0.05, 0.1) is 18.0 Å². The summed E-state index contributed by atoms with van der Waals surface area (Å²) in [5.41, 5.74) is 4.18. The first-order chi connectivity index (χ1) is 17.5. The molecule has 3 aromatic heterocycles. The molecule has 0 atom stereocenters. The number of aliphatic hydroxyl groups is 1. The Balaban J connectivity index is 1.35. The van der Waals surface area contributed by atoms with Crippen LogP contribution in [-0.4, -0.2) is 86.8 Å². The zero-order valence-corrected chi connectivity index (χ0v) is 20.6. The number of likely N-dealkylation sites (N-methyl/N-ethyl adjacent to an activating group) is 1. The second kappa shape index (κ2) is 10.4. The average Bonchev–Trinajstić information content (AvgIpc) is 3.23. The van der Waals surface area contributed by atoms with Crippen molar-refractivity contribution in [2.45, 2.75) is 6.42 Å². The molecule has 1 aliphatic heterocycles. The fourth-order valence-electron chi connectivity index (χ4n) is 4.50. The van der Waals surface area contributed by atoms with Gasteiger partial charge in [-0.2, -0.15) is 0 Å². The fourth-order valence-corrected chi connectivity index (χ4v) is 4.50. The maximum absolute atomic E-state index is 13.2. The number of benzene rings is 1. The number of carbonyl (C=O) groups is 1. The van der Waals surface area contributed by atoms with Crippen molar-refractivity contribution in [1.82, 2.24) is 29.3 Å². The number of aliphatic hydroxyl groups excluding tert-OH is 1. The molecule has 0 unspecified atom stereocenters. The summed E-state index contributed by atoms with van der Waals surface area (Å²) in [6.45, 7) is 3.47. The summed E-state index contributed by atoms with van der Waals surface area (Å²) >= 11 is 0. The van der Waals surface area contributed by atoms with Gasteiger partial charge in [-0.15, -0.1) is 0 Å². The summed E-state index contributed by atoms with van der Waals surface area (Å²) in [6.07, 6.45) is 3.95. The lowest BCUT2D eigenvalue weighted by molar-refractivity contribution is 0.0655. The number of rotatable bonds is 7. The molecule has 5 rings (SSSR count). The molecule has 1 saturated heterocycles. The van der Waals surface area contributed by atoms with E-state index in [-0.39, 0.29) is 19.1 Å². The Kier molecular flexibility index (Phi) is 6.92. The number of aromatic nitrogens is 4. The molecule has 4 aromatic rings. The first-order valence-corrected chi connectivity index (χ1v) is 12.1. The zero-order chi connectivity index (χ0) is 25.1. The van der Waals surface area contributed by atoms with E-state index in [1.807, 2.05) is 28.6 Å². The van der Waals surface area contributed by atoms with Crippen LogP contribution in [0.4, 0.5) is 0 Å². The van der Waals surface area contributed by atoms with E-state index in [9.17, 15) is 4.79 Å². The van der Waals surface area contributed by atoms with E-state index in [0.717, 1.165) is 42.6 Å². The molecule has 9 nitrogen and oxygen atoms in total. The van der Waals surface area contributed by atoms with Gasteiger partial charge in [0.1, 0.15) is 23.9 Å². The van der Waals surface area contributed by atoms with Crippen molar-refractivity contribution in [3.05, 3.63) is 71.9 Å². The maximum Gasteiger partial charge on any atom is 0.270 e. The van der Waals surface area contributed by atoms with Crippen LogP contribution >= 0.6 is 0 Å². The summed E-state index contributed by atoms with van der Waals surface area (Å²) in [5.74, 6) is 1.39. The number of hydrogen-bond acceptors (Lipinski definition) is 7. The molecule has 0 bridgehead atoms. The van der Waals surface area contributed by atoms with Crippen LogP contribution in [0.1, 0.15) is 21.9 Å². The predicted molar refractivity (Wildman–Crippen MR) is 137 cm³/mol. The molecule has 0 radical (unpaired) electrons. The molecule has 1 N–H and O–H groups in total. The van der Waals surface area contributed by atoms with Crippen LogP contribution in [0.15, 0.2) is 54.9 Å². The van der Waals surface area contributed by atoms with Gasteiger partial charge in [-0.1, -0.05) is 6.07 Å². The third kappa shape index (κ3) is 5.07. The average molecular weight is 487 g/mol. The Labute approximate surface area is 210 Å². The molecule has 9 heteroatoms. The molecule has 1 aromatic carbocycles. The molecule has 0 spiro atoms. The number of amides is 1. The maximum atomic E-state index is 13.2. The third-order valence-corrected chi connectivity index (χ3v) is 6.54. The summed E-state index contributed by atoms with van der Waals surface area (Å²) < 4.78 is 7.47. The second-order valence-electron chi connectivity index (χ2n) is 9.06. The minimum absolute atomic E-state index is 0.0490. The highest BCUT2D eigenvalue weighted by atomic mass is 16.5. The van der Waals surface area contributed by atoms with E-state index < -0.39 is 0 Å². The van der Waals surface area contributed by atoms with E-state index in [2.05, 4.69) is 40.1 Å². The Bertz CT molecular complexity index is 1380. The minimum atomic E-state index is -0.0490. The van der Waals surface area contributed by atoms with Crippen LogP contribution in [-0.2, 0) is 13.5 Å². The first-order valence-electron chi connectivity index (χ1n) is 12.1. The monoisotopic (exact) mass is 486 g/mol. The molecule has 0 aliphatic carbocycles. The Hall–Kier alpha value is -3.82. The number of carbonyl (C=O) groups excluding carboxylic acids is 1. The van der Waals surface area contributed by atoms with E-state index in [1.165, 1.54) is 0 Å². The van der Waals surface area contributed by atoms with Gasteiger partial charge in [-0.3, -0.25) is 9.78 Å². The van der Waals surface area contributed by atoms with Crippen LogP contribution < -0.4 is 4.74 Å². The number of ether oxygens (including phenoxy) is 1. The second-order valence-corrected chi connectivity index (χ2v) is 9.06. The number of nitrogens with zero attached hydrogens (tertiary/aromatic N) is 6. The quantitative estimate of drug-likeness (QED) is 0.428. The van der Waals surface area contributed by atoms with Gasteiger partial charge in [0.2, 0.25) is 0 Å². The topological polar surface area (TPSA) is 96.6 Å². The number of hydrogen-bond donors (Lipinski definition) is 1. The van der Waals surface area contributed by atoms with Crippen molar-refractivity contribution in [2.24, 2.45) is 7.05 Å². The SMILES string of the molecule is CN1CCN(C(=O)c2cc3cc(Cc4nccc(-c5cc(OCCO)ccn5)n4)ccc3n2C)CC1. The largest absolute Gasteiger partial charge is 0.491 e. The Morgan fingerprint density at radius 2 is 1.78 bits per heavy atom. The number of fused-ring (bicyclic) bond motifs is 1. The fraction of sp³-hybridized carbons (Fsp3) is 0.333. The lowest BCUT2D eigenvalue weighted by Gasteiger charge is -2.32. The van der Waals surface area contributed by atoms with E-state index in [4.69, 9.17) is 14.8 Å². The first kappa shape index (κ1) is 23.9. The standard InChI is InChI=1S/C27H30N6O3/c1-31-9-11-33(12-10-31)27(35)25-17-20-15-19(3-4-24(20)32(25)2)16-26-29-8-6-22(30-26)23-18-21(5-7-28-23)36-14-13-34/h3-8,15,17-18,34H,9-14,16H2,1-2H3. The molecule has 0 saturated carbocycles. The molecule has 1 amide bonds. The van der Waals surface area contributed by atoms with E-state index >= 15 is 0 Å². The third-order valence-electron chi connectivity index (χ3n) is 6.54. The van der Waals surface area contributed by atoms with Gasteiger partial charge in [-0.05, 0) is 42.9 Å². The van der Waals surface area contributed by atoms with Crippen molar-refractivity contribution in [3.63, 3.8) is 0 Å². The summed E-state index contributed by atoms with van der Waals surface area (Å²) in [6, 6.07) is 13.6. The Morgan fingerprint density at radius 3 is 2.58 bits per heavy atom. The van der Waals surface area contributed by atoms with Crippen LogP contribution in [0, 0.1) is 0 Å². The molecule has 36 heavy (non-hydrogen) atoms. The van der Waals surface area contributed by atoms with E-state index in [1.54, 1.807) is 24.5 Å². The molecule has 1 fully saturated rings. The lowest BCUT2D eigenvalue weighted by Crippen LogP contribution is -2.47. The van der Waals surface area contributed by atoms with Crippen molar-refractivity contribution < 1.29 is 14.6 Å². The molecule has 1 aliphatic rings. The number of pyridine rings is 1. The predicted octanol–water partition coefficient (Wildman–Crippen LogP) is 2.38. The van der Waals surface area contributed by atoms with Crippen LogP contribution in [0.25, 0.3) is 22.3 Å². The lowest BCUT2D eigenvalue weighted by atomic mass is 10.1. The minimum Gasteiger partial charge on any atom is -0.491 e. The molecular weight excluding hydrogens is 456 g/mol. The van der Waals surface area contributed by atoms with Crippen molar-refractivity contribution in [2.75, 3.05) is 46.4 Å². The van der Waals surface area contributed by atoms with E-state index in [0.29, 0.717) is 35.1 Å². The highest BCUT2D eigenvalue weighted by Crippen LogP contribution is 2.24. The molecular formula is C27H30N6O3. The normalized spacial score (nSPS) is 14.4. The summed E-state index contributed by atoms with van der Waals surface area (Å²) in [5, 5.41) is 10.0. The Morgan fingerprint density at radius 1 is 0.972 bits per heavy atom.